The number of hydrogen-bond acceptors (Lipinski definition) is 2. The third kappa shape index (κ3) is 1.57. The first-order valence-corrected chi connectivity index (χ1v) is 6.41. The van der Waals surface area contributed by atoms with Crippen LogP contribution in [0.1, 0.15) is 44.9 Å². The molecule has 3 nitrogen and oxygen atoms in total. The average molecular weight is 208 g/mol. The quantitative estimate of drug-likeness (QED) is 0.745. The summed E-state index contributed by atoms with van der Waals surface area (Å²) in [6.45, 7) is 0.581. The zero-order chi connectivity index (χ0) is 10.3. The van der Waals surface area contributed by atoms with Gasteiger partial charge in [0, 0.05) is 6.04 Å². The lowest BCUT2D eigenvalue weighted by atomic mass is 9.90. The van der Waals surface area contributed by atoms with Crippen LogP contribution in [0.15, 0.2) is 0 Å². The molecule has 0 aromatic rings. The van der Waals surface area contributed by atoms with Crippen molar-refractivity contribution >= 4 is 5.91 Å². The van der Waals surface area contributed by atoms with E-state index in [0.717, 1.165) is 5.92 Å². The van der Waals surface area contributed by atoms with E-state index in [1.807, 2.05) is 0 Å². The number of hydrogen-bond donors (Lipinski definition) is 1. The molecule has 1 N–H and O–H groups in total. The van der Waals surface area contributed by atoms with Crippen molar-refractivity contribution in [1.82, 2.24) is 10.2 Å². The number of amides is 1. The van der Waals surface area contributed by atoms with Crippen molar-refractivity contribution < 1.29 is 4.79 Å². The summed E-state index contributed by atoms with van der Waals surface area (Å²) in [6, 6.07) is 0.568. The second-order valence-corrected chi connectivity index (χ2v) is 5.26. The first kappa shape index (κ1) is 9.64. The van der Waals surface area contributed by atoms with E-state index >= 15 is 0 Å². The minimum absolute atomic E-state index is 0.344. The van der Waals surface area contributed by atoms with E-state index in [4.69, 9.17) is 0 Å². The van der Waals surface area contributed by atoms with E-state index in [0.29, 0.717) is 24.7 Å². The first-order valence-electron chi connectivity index (χ1n) is 6.41. The molecule has 0 radical (unpaired) electrons. The van der Waals surface area contributed by atoms with Gasteiger partial charge in [-0.1, -0.05) is 12.8 Å². The smallest absolute Gasteiger partial charge is 0.238 e. The molecule has 1 aliphatic heterocycles. The molecule has 3 rings (SSSR count). The molecule has 0 spiro atoms. The topological polar surface area (TPSA) is 32.3 Å². The van der Waals surface area contributed by atoms with Crippen LogP contribution in [0.3, 0.4) is 0 Å². The molecule has 84 valence electrons. The average Bonchev–Trinajstić information content (AvgIpc) is 2.74. The van der Waals surface area contributed by atoms with E-state index < -0.39 is 0 Å². The number of rotatable bonds is 2. The molecule has 1 saturated heterocycles. The van der Waals surface area contributed by atoms with E-state index in [1.54, 1.807) is 0 Å². The van der Waals surface area contributed by atoms with Crippen molar-refractivity contribution in [3.05, 3.63) is 0 Å². The van der Waals surface area contributed by atoms with Gasteiger partial charge in [0.2, 0.25) is 5.91 Å². The molecule has 0 aromatic carbocycles. The Morgan fingerprint density at radius 1 is 1.07 bits per heavy atom. The molecule has 1 amide bonds. The van der Waals surface area contributed by atoms with Crippen LogP contribution in [0.25, 0.3) is 0 Å². The Kier molecular flexibility index (Phi) is 2.43. The Labute approximate surface area is 91.2 Å². The second-order valence-electron chi connectivity index (χ2n) is 5.26. The van der Waals surface area contributed by atoms with Crippen LogP contribution in [-0.2, 0) is 4.79 Å². The first-order chi connectivity index (χ1) is 7.36. The van der Waals surface area contributed by atoms with Gasteiger partial charge in [-0.25, -0.2) is 0 Å². The third-order valence-corrected chi connectivity index (χ3v) is 4.36. The zero-order valence-electron chi connectivity index (χ0n) is 9.24. The molecule has 15 heavy (non-hydrogen) atoms. The van der Waals surface area contributed by atoms with E-state index in [-0.39, 0.29) is 0 Å². The van der Waals surface area contributed by atoms with Gasteiger partial charge in [0.15, 0.2) is 0 Å². The summed E-state index contributed by atoms with van der Waals surface area (Å²) in [5, 5.41) is 3.42. The number of nitrogens with zero attached hydrogens (tertiary/aromatic N) is 1. The van der Waals surface area contributed by atoms with Crippen LogP contribution in [0.4, 0.5) is 0 Å². The third-order valence-electron chi connectivity index (χ3n) is 4.36. The highest BCUT2D eigenvalue weighted by Gasteiger charge is 2.42. The molecule has 1 unspecified atom stereocenters. The van der Waals surface area contributed by atoms with Crippen molar-refractivity contribution in [1.29, 1.82) is 0 Å². The lowest BCUT2D eigenvalue weighted by Crippen LogP contribution is -2.50. The molecule has 2 aliphatic carbocycles. The van der Waals surface area contributed by atoms with E-state index in [1.165, 1.54) is 44.9 Å². The molecule has 1 atom stereocenters. The highest BCUT2D eigenvalue weighted by Crippen LogP contribution is 2.35. The fourth-order valence-corrected chi connectivity index (χ4v) is 3.30. The summed E-state index contributed by atoms with van der Waals surface area (Å²) in [4.78, 5) is 14.0. The largest absolute Gasteiger partial charge is 0.323 e. The predicted octanol–water partition coefficient (Wildman–Crippen LogP) is 1.49. The summed E-state index contributed by atoms with van der Waals surface area (Å²) < 4.78 is 0. The van der Waals surface area contributed by atoms with Crippen molar-refractivity contribution in [2.45, 2.75) is 57.2 Å². The van der Waals surface area contributed by atoms with Gasteiger partial charge in [0.25, 0.3) is 0 Å². The van der Waals surface area contributed by atoms with Gasteiger partial charge >= 0.3 is 0 Å². The van der Waals surface area contributed by atoms with Crippen molar-refractivity contribution in [3.8, 4) is 0 Å². The molecule has 1 heterocycles. The predicted molar refractivity (Wildman–Crippen MR) is 58.2 cm³/mol. The fraction of sp³-hybridized carbons (Fsp3) is 0.917. The van der Waals surface area contributed by atoms with E-state index in [9.17, 15) is 4.79 Å². The Morgan fingerprint density at radius 2 is 1.80 bits per heavy atom. The molecule has 3 fully saturated rings. The normalized spacial score (nSPS) is 33.7. The molecular weight excluding hydrogens is 188 g/mol. The highest BCUT2D eigenvalue weighted by molar-refractivity contribution is 5.81. The number of nitrogens with one attached hydrogen (secondary N) is 1. The molecule has 2 saturated carbocycles. The number of carbonyl (C=O) groups is 1. The Balaban J connectivity index is 1.72. The minimum atomic E-state index is 0.344. The Morgan fingerprint density at radius 3 is 2.40 bits per heavy atom. The Hall–Kier alpha value is -0.570. The van der Waals surface area contributed by atoms with Gasteiger partial charge in [-0.05, 0) is 38.0 Å². The summed E-state index contributed by atoms with van der Waals surface area (Å²) in [5.74, 6) is 1.08. The molecule has 0 aromatic heterocycles. The van der Waals surface area contributed by atoms with Gasteiger partial charge in [-0.3, -0.25) is 10.1 Å². The maximum absolute atomic E-state index is 11.8. The molecule has 0 bridgehead atoms. The van der Waals surface area contributed by atoms with Crippen molar-refractivity contribution in [2.24, 2.45) is 5.92 Å². The monoisotopic (exact) mass is 208 g/mol. The lowest BCUT2D eigenvalue weighted by Gasteiger charge is -2.40. The van der Waals surface area contributed by atoms with Crippen LogP contribution in [-0.4, -0.2) is 29.6 Å². The summed E-state index contributed by atoms with van der Waals surface area (Å²) in [7, 11) is 0. The van der Waals surface area contributed by atoms with Crippen LogP contribution in [0.5, 0.6) is 0 Å². The van der Waals surface area contributed by atoms with Gasteiger partial charge in [0.05, 0.1) is 12.7 Å². The minimum Gasteiger partial charge on any atom is -0.323 e. The standard InChI is InChI=1S/C12H20N2O/c15-11-8-13-12(9-4-1-2-5-9)14(11)10-6-3-7-10/h9-10,12-13H,1-8H2. The summed E-state index contributed by atoms with van der Waals surface area (Å²) >= 11 is 0. The van der Waals surface area contributed by atoms with Crippen molar-refractivity contribution in [2.75, 3.05) is 6.54 Å². The summed E-state index contributed by atoms with van der Waals surface area (Å²) in [6.07, 6.45) is 9.50. The maximum Gasteiger partial charge on any atom is 0.238 e. The van der Waals surface area contributed by atoms with Gasteiger partial charge in [0.1, 0.15) is 0 Å². The lowest BCUT2D eigenvalue weighted by molar-refractivity contribution is -0.132. The van der Waals surface area contributed by atoms with Crippen LogP contribution in [0.2, 0.25) is 0 Å². The summed E-state index contributed by atoms with van der Waals surface area (Å²) in [5.41, 5.74) is 0. The molecule has 3 heteroatoms. The van der Waals surface area contributed by atoms with E-state index in [2.05, 4.69) is 10.2 Å². The van der Waals surface area contributed by atoms with Crippen LogP contribution < -0.4 is 5.32 Å². The SMILES string of the molecule is O=C1CNC(C2CCCC2)N1C1CCC1. The second kappa shape index (κ2) is 3.78. The number of carbonyl (C=O) groups excluding carboxylic acids is 1. The molecular formula is C12H20N2O. The van der Waals surface area contributed by atoms with Crippen LogP contribution in [0, 0.1) is 5.92 Å². The Bertz CT molecular complexity index is 256. The highest BCUT2D eigenvalue weighted by atomic mass is 16.2. The van der Waals surface area contributed by atoms with Gasteiger partial charge < -0.3 is 4.90 Å². The fourth-order valence-electron chi connectivity index (χ4n) is 3.30. The maximum atomic E-state index is 11.8. The van der Waals surface area contributed by atoms with Crippen LogP contribution >= 0.6 is 0 Å². The zero-order valence-corrected chi connectivity index (χ0v) is 9.24. The van der Waals surface area contributed by atoms with Gasteiger partial charge in [-0.2, -0.15) is 0 Å². The van der Waals surface area contributed by atoms with Crippen molar-refractivity contribution in [3.63, 3.8) is 0 Å². The molecule has 3 aliphatic rings. The van der Waals surface area contributed by atoms with Gasteiger partial charge in [-0.15, -0.1) is 0 Å².